The molecule has 1 aromatic heterocycles. The Balaban J connectivity index is 1.27. The van der Waals surface area contributed by atoms with Gasteiger partial charge in [-0.05, 0) is 73.5 Å². The van der Waals surface area contributed by atoms with E-state index in [1.165, 1.54) is 0 Å². The van der Waals surface area contributed by atoms with Crippen molar-refractivity contribution in [2.75, 3.05) is 13.1 Å². The number of piperidine rings is 1. The summed E-state index contributed by atoms with van der Waals surface area (Å²) in [5, 5.41) is 2.89. The number of hydrogen-bond donors (Lipinski definition) is 2. The molecular formula is C25H25N3O5. The average molecular weight is 447 g/mol. The van der Waals surface area contributed by atoms with Crippen LogP contribution in [0, 0.1) is 5.92 Å². The van der Waals surface area contributed by atoms with Crippen LogP contribution in [0.5, 0.6) is 11.5 Å². The molecule has 2 aromatic carbocycles. The lowest BCUT2D eigenvalue weighted by molar-refractivity contribution is -0.126. The monoisotopic (exact) mass is 447 g/mol. The van der Waals surface area contributed by atoms with Crippen molar-refractivity contribution in [3.05, 3.63) is 83.8 Å². The summed E-state index contributed by atoms with van der Waals surface area (Å²) in [6.07, 6.45) is 2.82. The SMILES string of the molecule is NC(=O)c1ccc(Oc2ccc(C(=O)N3CCC(C(=O)NCc4ccco4)CC3)cc2)cc1. The number of rotatable bonds is 7. The van der Waals surface area contributed by atoms with Crippen LogP contribution in [-0.4, -0.2) is 35.7 Å². The number of nitrogens with zero attached hydrogens (tertiary/aromatic N) is 1. The van der Waals surface area contributed by atoms with E-state index in [2.05, 4.69) is 5.32 Å². The van der Waals surface area contributed by atoms with E-state index in [1.54, 1.807) is 65.8 Å². The van der Waals surface area contributed by atoms with Gasteiger partial charge in [-0.15, -0.1) is 0 Å². The smallest absolute Gasteiger partial charge is 0.253 e. The fourth-order valence-corrected chi connectivity index (χ4v) is 3.75. The third kappa shape index (κ3) is 5.60. The highest BCUT2D eigenvalue weighted by Crippen LogP contribution is 2.24. The number of nitrogens with one attached hydrogen (secondary N) is 1. The number of primary amides is 1. The highest BCUT2D eigenvalue weighted by atomic mass is 16.5. The van der Waals surface area contributed by atoms with Gasteiger partial charge in [0.2, 0.25) is 11.8 Å². The van der Waals surface area contributed by atoms with Gasteiger partial charge in [0.1, 0.15) is 17.3 Å². The van der Waals surface area contributed by atoms with Crippen LogP contribution in [-0.2, 0) is 11.3 Å². The van der Waals surface area contributed by atoms with E-state index in [4.69, 9.17) is 14.9 Å². The fourth-order valence-electron chi connectivity index (χ4n) is 3.75. The van der Waals surface area contributed by atoms with Gasteiger partial charge in [0.15, 0.2) is 0 Å². The average Bonchev–Trinajstić information content (AvgIpc) is 3.37. The Morgan fingerprint density at radius 3 is 2.09 bits per heavy atom. The fraction of sp³-hybridized carbons (Fsp3) is 0.240. The van der Waals surface area contributed by atoms with Crippen LogP contribution in [0.3, 0.4) is 0 Å². The van der Waals surface area contributed by atoms with E-state index in [9.17, 15) is 14.4 Å². The molecule has 3 amide bonds. The molecule has 33 heavy (non-hydrogen) atoms. The minimum Gasteiger partial charge on any atom is -0.467 e. The number of carbonyl (C=O) groups is 3. The first-order valence-corrected chi connectivity index (χ1v) is 10.8. The molecule has 3 N–H and O–H groups in total. The summed E-state index contributed by atoms with van der Waals surface area (Å²) in [5.41, 5.74) is 6.20. The first-order valence-electron chi connectivity index (χ1n) is 10.8. The van der Waals surface area contributed by atoms with E-state index in [1.807, 2.05) is 6.07 Å². The van der Waals surface area contributed by atoms with Crippen molar-refractivity contribution in [3.8, 4) is 11.5 Å². The van der Waals surface area contributed by atoms with Crippen molar-refractivity contribution in [1.29, 1.82) is 0 Å². The van der Waals surface area contributed by atoms with Crippen LogP contribution >= 0.6 is 0 Å². The summed E-state index contributed by atoms with van der Waals surface area (Å²) in [5.74, 6) is 1.16. The zero-order chi connectivity index (χ0) is 23.2. The maximum Gasteiger partial charge on any atom is 0.253 e. The maximum absolute atomic E-state index is 12.9. The molecule has 0 saturated carbocycles. The Hall–Kier alpha value is -4.07. The molecule has 0 aliphatic carbocycles. The zero-order valence-electron chi connectivity index (χ0n) is 18.0. The summed E-state index contributed by atoms with van der Waals surface area (Å²) >= 11 is 0. The lowest BCUT2D eigenvalue weighted by atomic mass is 9.95. The largest absolute Gasteiger partial charge is 0.467 e. The molecule has 2 heterocycles. The molecule has 0 spiro atoms. The van der Waals surface area contributed by atoms with Gasteiger partial charge < -0.3 is 25.1 Å². The zero-order valence-corrected chi connectivity index (χ0v) is 18.0. The van der Waals surface area contributed by atoms with Crippen LogP contribution in [0.15, 0.2) is 71.3 Å². The summed E-state index contributed by atoms with van der Waals surface area (Å²) in [4.78, 5) is 38.2. The van der Waals surface area contributed by atoms with Crippen molar-refractivity contribution >= 4 is 17.7 Å². The Bertz CT molecular complexity index is 1100. The molecule has 1 fully saturated rings. The maximum atomic E-state index is 12.9. The van der Waals surface area contributed by atoms with Crippen LogP contribution < -0.4 is 15.8 Å². The molecule has 3 aromatic rings. The Kier molecular flexibility index (Phi) is 6.73. The predicted molar refractivity (Wildman–Crippen MR) is 121 cm³/mol. The molecule has 1 aliphatic rings. The van der Waals surface area contributed by atoms with Crippen molar-refractivity contribution in [2.45, 2.75) is 19.4 Å². The van der Waals surface area contributed by atoms with E-state index < -0.39 is 5.91 Å². The van der Waals surface area contributed by atoms with Gasteiger partial charge in [-0.2, -0.15) is 0 Å². The molecule has 1 saturated heterocycles. The first-order chi connectivity index (χ1) is 16.0. The second kappa shape index (κ2) is 10.0. The number of furan rings is 1. The van der Waals surface area contributed by atoms with E-state index in [0.29, 0.717) is 60.9 Å². The Labute approximate surface area is 191 Å². The molecule has 0 atom stereocenters. The third-order valence-electron chi connectivity index (χ3n) is 5.65. The minimum absolute atomic E-state index is 0.0103. The molecule has 4 rings (SSSR count). The second-order valence-corrected chi connectivity index (χ2v) is 7.88. The summed E-state index contributed by atoms with van der Waals surface area (Å²) in [6, 6.07) is 17.0. The number of amides is 3. The standard InChI is InChI=1S/C25H25N3O5/c26-23(29)17-3-7-20(8-4-17)33-21-9-5-19(6-10-21)25(31)28-13-11-18(12-14-28)24(30)27-16-22-2-1-15-32-22/h1-10,15,18H,11-14,16H2,(H2,26,29)(H,27,30). The van der Waals surface area contributed by atoms with Gasteiger partial charge in [0, 0.05) is 30.1 Å². The van der Waals surface area contributed by atoms with Crippen LogP contribution in [0.4, 0.5) is 0 Å². The van der Waals surface area contributed by atoms with Gasteiger partial charge in [-0.1, -0.05) is 0 Å². The van der Waals surface area contributed by atoms with E-state index >= 15 is 0 Å². The highest BCUT2D eigenvalue weighted by Gasteiger charge is 2.27. The number of nitrogens with two attached hydrogens (primary N) is 1. The van der Waals surface area contributed by atoms with Crippen LogP contribution in [0.25, 0.3) is 0 Å². The van der Waals surface area contributed by atoms with Crippen molar-refractivity contribution in [3.63, 3.8) is 0 Å². The quantitative estimate of drug-likeness (QED) is 0.576. The molecule has 170 valence electrons. The Morgan fingerprint density at radius 2 is 1.55 bits per heavy atom. The number of ether oxygens (including phenoxy) is 1. The minimum atomic E-state index is -0.497. The summed E-state index contributed by atoms with van der Waals surface area (Å²) in [7, 11) is 0. The van der Waals surface area contributed by atoms with Gasteiger partial charge in [-0.3, -0.25) is 14.4 Å². The number of benzene rings is 2. The van der Waals surface area contributed by atoms with Gasteiger partial charge in [-0.25, -0.2) is 0 Å². The molecule has 1 aliphatic heterocycles. The first kappa shape index (κ1) is 22.1. The van der Waals surface area contributed by atoms with E-state index in [-0.39, 0.29) is 17.7 Å². The molecule has 0 radical (unpaired) electrons. The van der Waals surface area contributed by atoms with Crippen LogP contribution in [0.2, 0.25) is 0 Å². The topological polar surface area (TPSA) is 115 Å². The highest BCUT2D eigenvalue weighted by molar-refractivity contribution is 5.94. The van der Waals surface area contributed by atoms with Gasteiger partial charge >= 0.3 is 0 Å². The van der Waals surface area contributed by atoms with Gasteiger partial charge in [0.25, 0.3) is 5.91 Å². The number of likely N-dealkylation sites (tertiary alicyclic amines) is 1. The molecule has 0 bridgehead atoms. The van der Waals surface area contributed by atoms with Gasteiger partial charge in [0.05, 0.1) is 12.8 Å². The molecule has 0 unspecified atom stereocenters. The molecule has 8 heteroatoms. The van der Waals surface area contributed by atoms with E-state index in [0.717, 1.165) is 0 Å². The molecular weight excluding hydrogens is 422 g/mol. The summed E-state index contributed by atoms with van der Waals surface area (Å²) in [6.45, 7) is 1.43. The van der Waals surface area contributed by atoms with Crippen molar-refractivity contribution in [1.82, 2.24) is 10.2 Å². The van der Waals surface area contributed by atoms with Crippen LogP contribution in [0.1, 0.15) is 39.3 Å². The number of hydrogen-bond acceptors (Lipinski definition) is 5. The second-order valence-electron chi connectivity index (χ2n) is 7.88. The molecule has 8 nitrogen and oxygen atoms in total. The van der Waals surface area contributed by atoms with Crippen molar-refractivity contribution < 1.29 is 23.5 Å². The Morgan fingerprint density at radius 1 is 0.939 bits per heavy atom. The lowest BCUT2D eigenvalue weighted by Gasteiger charge is -2.31. The third-order valence-corrected chi connectivity index (χ3v) is 5.65. The number of carbonyl (C=O) groups excluding carboxylic acids is 3. The summed E-state index contributed by atoms with van der Waals surface area (Å²) < 4.78 is 11.0. The lowest BCUT2D eigenvalue weighted by Crippen LogP contribution is -2.42. The van der Waals surface area contributed by atoms with Crippen molar-refractivity contribution in [2.24, 2.45) is 11.7 Å². The predicted octanol–water partition coefficient (Wildman–Crippen LogP) is 3.34. The normalized spacial score (nSPS) is 14.0.